The van der Waals surface area contributed by atoms with Crippen molar-refractivity contribution in [1.29, 1.82) is 0 Å². The van der Waals surface area contributed by atoms with Crippen LogP contribution in [0.1, 0.15) is 41.3 Å². The molecule has 0 aliphatic carbocycles. The molecule has 0 unspecified atom stereocenters. The molecule has 1 saturated heterocycles. The number of hydrogen-bond donors (Lipinski definition) is 1. The van der Waals surface area contributed by atoms with Crippen LogP contribution in [0.2, 0.25) is 0 Å². The lowest BCUT2D eigenvalue weighted by Crippen LogP contribution is -2.37. The van der Waals surface area contributed by atoms with Crippen LogP contribution in [0.3, 0.4) is 0 Å². The van der Waals surface area contributed by atoms with Crippen molar-refractivity contribution >= 4 is 0 Å². The predicted molar refractivity (Wildman–Crippen MR) is 109 cm³/mol. The highest BCUT2D eigenvalue weighted by Gasteiger charge is 2.30. The first-order valence-corrected chi connectivity index (χ1v) is 10.1. The average Bonchev–Trinajstić information content (AvgIpc) is 2.98. The van der Waals surface area contributed by atoms with Crippen molar-refractivity contribution < 1.29 is 5.11 Å². The highest BCUT2D eigenvalue weighted by molar-refractivity contribution is 5.38. The van der Waals surface area contributed by atoms with Crippen LogP contribution in [0, 0.1) is 0 Å². The van der Waals surface area contributed by atoms with E-state index in [4.69, 9.17) is 0 Å². The molecule has 0 bridgehead atoms. The Morgan fingerprint density at radius 1 is 0.929 bits per heavy atom. The number of aromatic hydroxyl groups is 1. The standard InChI is InChI=1S/C23H25N3O2/c27-22-21-14-18-8-4-5-9-19(18)16-25(21)23(28)26(22)20-10-12-24(13-11-20)15-17-6-2-1-3-7-17/h1-9,20,27H,10-16H2. The molecule has 2 aliphatic heterocycles. The van der Waals surface area contributed by atoms with Gasteiger partial charge in [0, 0.05) is 32.1 Å². The quantitative estimate of drug-likeness (QED) is 0.598. The topological polar surface area (TPSA) is 50.4 Å². The van der Waals surface area contributed by atoms with E-state index in [9.17, 15) is 9.90 Å². The molecule has 1 N–H and O–H groups in total. The van der Waals surface area contributed by atoms with E-state index >= 15 is 0 Å². The molecule has 3 aromatic rings. The van der Waals surface area contributed by atoms with Gasteiger partial charge in [-0.25, -0.2) is 4.79 Å². The summed E-state index contributed by atoms with van der Waals surface area (Å²) in [5.41, 5.74) is 4.39. The van der Waals surface area contributed by atoms with Crippen molar-refractivity contribution in [2.24, 2.45) is 0 Å². The van der Waals surface area contributed by atoms with Crippen LogP contribution in [-0.2, 0) is 19.5 Å². The first-order chi connectivity index (χ1) is 13.7. The summed E-state index contributed by atoms with van der Waals surface area (Å²) in [6.07, 6.45) is 2.39. The van der Waals surface area contributed by atoms with Crippen LogP contribution in [0.25, 0.3) is 0 Å². The maximum Gasteiger partial charge on any atom is 0.331 e. The predicted octanol–water partition coefficient (Wildman–Crippen LogP) is 3.15. The van der Waals surface area contributed by atoms with E-state index in [1.54, 1.807) is 9.13 Å². The molecule has 3 heterocycles. The molecule has 0 saturated carbocycles. The molecule has 0 atom stereocenters. The minimum atomic E-state index is -0.0662. The highest BCUT2D eigenvalue weighted by Crippen LogP contribution is 2.32. The van der Waals surface area contributed by atoms with Crippen LogP contribution in [0.4, 0.5) is 0 Å². The molecule has 2 aliphatic rings. The molecule has 28 heavy (non-hydrogen) atoms. The van der Waals surface area contributed by atoms with E-state index in [1.165, 1.54) is 16.7 Å². The lowest BCUT2D eigenvalue weighted by molar-refractivity contribution is 0.172. The maximum absolute atomic E-state index is 13.1. The fraction of sp³-hybridized carbons (Fsp3) is 0.348. The molecule has 0 radical (unpaired) electrons. The second kappa shape index (κ2) is 6.99. The Kier molecular flexibility index (Phi) is 4.32. The number of likely N-dealkylation sites (tertiary alicyclic amines) is 1. The van der Waals surface area contributed by atoms with Gasteiger partial charge in [-0.15, -0.1) is 0 Å². The summed E-state index contributed by atoms with van der Waals surface area (Å²) in [6, 6.07) is 18.7. The number of hydrogen-bond acceptors (Lipinski definition) is 3. The second-order valence-corrected chi connectivity index (χ2v) is 7.95. The summed E-state index contributed by atoms with van der Waals surface area (Å²) >= 11 is 0. The van der Waals surface area contributed by atoms with E-state index in [0.29, 0.717) is 13.0 Å². The third kappa shape index (κ3) is 2.96. The highest BCUT2D eigenvalue weighted by atomic mass is 16.3. The minimum Gasteiger partial charge on any atom is -0.493 e. The molecule has 1 fully saturated rings. The lowest BCUT2D eigenvalue weighted by atomic mass is 9.99. The summed E-state index contributed by atoms with van der Waals surface area (Å²) < 4.78 is 3.41. The zero-order valence-electron chi connectivity index (χ0n) is 15.9. The van der Waals surface area contributed by atoms with Gasteiger partial charge in [-0.2, -0.15) is 0 Å². The molecule has 1 aromatic heterocycles. The van der Waals surface area contributed by atoms with Gasteiger partial charge in [-0.05, 0) is 29.5 Å². The van der Waals surface area contributed by atoms with Crippen molar-refractivity contribution in [3.63, 3.8) is 0 Å². The average molecular weight is 375 g/mol. The number of piperidine rings is 1. The third-order valence-corrected chi connectivity index (χ3v) is 6.23. The summed E-state index contributed by atoms with van der Waals surface area (Å²) in [7, 11) is 0. The molecule has 0 amide bonds. The van der Waals surface area contributed by atoms with Gasteiger partial charge in [0.1, 0.15) is 0 Å². The minimum absolute atomic E-state index is 0.0662. The molecular formula is C23H25N3O2. The zero-order chi connectivity index (χ0) is 19.1. The van der Waals surface area contributed by atoms with Crippen LogP contribution in [0.5, 0.6) is 5.88 Å². The van der Waals surface area contributed by atoms with Gasteiger partial charge in [0.2, 0.25) is 5.88 Å². The fourth-order valence-electron chi connectivity index (χ4n) is 4.67. The molecule has 144 valence electrons. The summed E-state index contributed by atoms with van der Waals surface area (Å²) in [6.45, 7) is 3.37. The summed E-state index contributed by atoms with van der Waals surface area (Å²) in [4.78, 5) is 15.5. The van der Waals surface area contributed by atoms with Crippen LogP contribution in [-0.4, -0.2) is 32.2 Å². The van der Waals surface area contributed by atoms with Crippen molar-refractivity contribution in [2.75, 3.05) is 13.1 Å². The number of rotatable bonds is 3. The monoisotopic (exact) mass is 375 g/mol. The van der Waals surface area contributed by atoms with Gasteiger partial charge in [0.05, 0.1) is 12.2 Å². The summed E-state index contributed by atoms with van der Waals surface area (Å²) in [5, 5.41) is 10.9. The number of imidazole rings is 1. The smallest absolute Gasteiger partial charge is 0.331 e. The Bertz CT molecular complexity index is 1040. The molecule has 0 spiro atoms. The van der Waals surface area contributed by atoms with Crippen molar-refractivity contribution in [1.82, 2.24) is 14.0 Å². The molecular weight excluding hydrogens is 350 g/mol. The number of fused-ring (bicyclic) bond motifs is 2. The van der Waals surface area contributed by atoms with E-state index in [2.05, 4.69) is 41.3 Å². The second-order valence-electron chi connectivity index (χ2n) is 7.95. The van der Waals surface area contributed by atoms with Gasteiger partial charge < -0.3 is 5.11 Å². The Labute approximate surface area is 164 Å². The molecule has 5 heteroatoms. The van der Waals surface area contributed by atoms with E-state index in [0.717, 1.165) is 38.2 Å². The van der Waals surface area contributed by atoms with Crippen molar-refractivity contribution in [2.45, 2.75) is 38.4 Å². The van der Waals surface area contributed by atoms with Crippen molar-refractivity contribution in [3.05, 3.63) is 87.5 Å². The molecule has 5 nitrogen and oxygen atoms in total. The Balaban J connectivity index is 1.35. The van der Waals surface area contributed by atoms with Crippen molar-refractivity contribution in [3.8, 4) is 5.88 Å². The first kappa shape index (κ1) is 17.3. The first-order valence-electron chi connectivity index (χ1n) is 10.1. The van der Waals surface area contributed by atoms with Crippen LogP contribution < -0.4 is 5.69 Å². The largest absolute Gasteiger partial charge is 0.493 e. The maximum atomic E-state index is 13.1. The Morgan fingerprint density at radius 2 is 1.61 bits per heavy atom. The normalized spacial score (nSPS) is 17.3. The third-order valence-electron chi connectivity index (χ3n) is 6.23. The van der Waals surface area contributed by atoms with Gasteiger partial charge in [-0.3, -0.25) is 14.0 Å². The number of nitrogens with zero attached hydrogens (tertiary/aromatic N) is 3. The van der Waals surface area contributed by atoms with E-state index in [1.807, 2.05) is 18.2 Å². The molecule has 2 aromatic carbocycles. The Hall–Kier alpha value is -2.79. The Morgan fingerprint density at radius 3 is 2.36 bits per heavy atom. The van der Waals surface area contributed by atoms with Crippen LogP contribution in [0.15, 0.2) is 59.4 Å². The summed E-state index contributed by atoms with van der Waals surface area (Å²) in [5.74, 6) is 0.168. The van der Waals surface area contributed by atoms with Gasteiger partial charge in [0.25, 0.3) is 0 Å². The SMILES string of the molecule is O=c1n2c(c(O)n1C1CCN(Cc3ccccc3)CC1)Cc1ccccc1C2. The molecule has 5 rings (SSSR count). The fourth-order valence-corrected chi connectivity index (χ4v) is 4.67. The van der Waals surface area contributed by atoms with Gasteiger partial charge in [0.15, 0.2) is 0 Å². The van der Waals surface area contributed by atoms with E-state index in [-0.39, 0.29) is 17.6 Å². The van der Waals surface area contributed by atoms with Gasteiger partial charge >= 0.3 is 5.69 Å². The zero-order valence-corrected chi connectivity index (χ0v) is 15.9. The van der Waals surface area contributed by atoms with E-state index < -0.39 is 0 Å². The number of aromatic nitrogens is 2. The number of benzene rings is 2. The van der Waals surface area contributed by atoms with Gasteiger partial charge in [-0.1, -0.05) is 54.6 Å². The lowest BCUT2D eigenvalue weighted by Gasteiger charge is -2.32. The van der Waals surface area contributed by atoms with Crippen LogP contribution >= 0.6 is 0 Å².